The van der Waals surface area contributed by atoms with Crippen LogP contribution in [0.25, 0.3) is 77.9 Å². The van der Waals surface area contributed by atoms with E-state index in [9.17, 15) is 0 Å². The van der Waals surface area contributed by atoms with Crippen LogP contribution in [0.4, 0.5) is 0 Å². The summed E-state index contributed by atoms with van der Waals surface area (Å²) in [5.74, 6) is 0. The Morgan fingerprint density at radius 3 is 1.89 bits per heavy atom. The number of hydrogen-bond acceptors (Lipinski definition) is 0. The molecule has 0 aliphatic heterocycles. The molecule has 1 aliphatic rings. The average Bonchev–Trinajstić information content (AvgIpc) is 3.36. The molecule has 0 bridgehead atoms. The molecule has 0 heteroatoms. The molecule has 0 atom stereocenters. The van der Waals surface area contributed by atoms with Gasteiger partial charge in [-0.15, -0.1) is 0 Å². The van der Waals surface area contributed by atoms with Gasteiger partial charge in [0.2, 0.25) is 0 Å². The standard InChI is InChI=1S/C47H34/c1-47(2)43-24-11-10-21-40(43)46-41(23-13-25-44(46)47)45-39-20-9-8-19-36(39)37(28-26-31-14-4-3-5-15-31)38-29-27-33(30-42(38)45)35-22-12-17-32-16-6-7-18-34(32)35/h3-30H,1-2H3/b28-26+. The molecule has 0 aromatic heterocycles. The minimum Gasteiger partial charge on any atom is -0.0622 e. The highest BCUT2D eigenvalue weighted by Gasteiger charge is 2.37. The van der Waals surface area contributed by atoms with Crippen LogP contribution < -0.4 is 0 Å². The number of hydrogen-bond donors (Lipinski definition) is 0. The summed E-state index contributed by atoms with van der Waals surface area (Å²) in [6.07, 6.45) is 4.56. The molecule has 0 unspecified atom stereocenters. The lowest BCUT2D eigenvalue weighted by atomic mass is 9.81. The first-order valence-corrected chi connectivity index (χ1v) is 16.5. The SMILES string of the molecule is CC1(C)c2ccccc2-c2c(-c3c4ccccc4c(/C=C/c4ccccc4)c4ccc(-c5cccc6ccccc56)cc34)cccc21. The van der Waals surface area contributed by atoms with Crippen LogP contribution in [0.3, 0.4) is 0 Å². The summed E-state index contributed by atoms with van der Waals surface area (Å²) in [5.41, 5.74) is 13.0. The first-order valence-electron chi connectivity index (χ1n) is 16.5. The number of benzene rings is 8. The lowest BCUT2D eigenvalue weighted by molar-refractivity contribution is 0.660. The summed E-state index contributed by atoms with van der Waals surface area (Å²) in [4.78, 5) is 0. The Kier molecular flexibility index (Phi) is 6.27. The first-order chi connectivity index (χ1) is 23.1. The van der Waals surface area contributed by atoms with Crippen molar-refractivity contribution in [3.05, 3.63) is 180 Å². The molecule has 0 spiro atoms. The summed E-state index contributed by atoms with van der Waals surface area (Å²) < 4.78 is 0. The molecular formula is C47H34. The predicted molar refractivity (Wildman–Crippen MR) is 203 cm³/mol. The fraction of sp³-hybridized carbons (Fsp3) is 0.0638. The Balaban J connectivity index is 1.41. The van der Waals surface area contributed by atoms with Gasteiger partial charge in [0.05, 0.1) is 0 Å². The van der Waals surface area contributed by atoms with E-state index >= 15 is 0 Å². The molecule has 0 fully saturated rings. The van der Waals surface area contributed by atoms with E-state index < -0.39 is 0 Å². The molecule has 0 saturated carbocycles. The van der Waals surface area contributed by atoms with Gasteiger partial charge in [-0.05, 0) is 94.0 Å². The molecule has 1 aliphatic carbocycles. The topological polar surface area (TPSA) is 0 Å². The van der Waals surface area contributed by atoms with Gasteiger partial charge in [0.25, 0.3) is 0 Å². The third-order valence-corrected chi connectivity index (χ3v) is 10.3. The molecule has 0 radical (unpaired) electrons. The Hall–Kier alpha value is -5.72. The third-order valence-electron chi connectivity index (χ3n) is 10.3. The van der Waals surface area contributed by atoms with Crippen LogP contribution in [0.5, 0.6) is 0 Å². The first kappa shape index (κ1) is 27.6. The van der Waals surface area contributed by atoms with Crippen molar-refractivity contribution in [2.24, 2.45) is 0 Å². The van der Waals surface area contributed by atoms with Crippen LogP contribution in [0.1, 0.15) is 36.1 Å². The van der Waals surface area contributed by atoms with Crippen molar-refractivity contribution in [3.8, 4) is 33.4 Å². The Bertz CT molecular complexity index is 2520. The largest absolute Gasteiger partial charge is 0.0622 e. The molecule has 0 amide bonds. The quantitative estimate of drug-likeness (QED) is 0.140. The van der Waals surface area contributed by atoms with Crippen molar-refractivity contribution in [1.29, 1.82) is 0 Å². The van der Waals surface area contributed by atoms with E-state index in [1.165, 1.54) is 88.0 Å². The average molecular weight is 599 g/mol. The van der Waals surface area contributed by atoms with Crippen LogP contribution in [-0.2, 0) is 5.41 Å². The highest BCUT2D eigenvalue weighted by Crippen LogP contribution is 2.54. The highest BCUT2D eigenvalue weighted by molar-refractivity contribution is 6.20. The monoisotopic (exact) mass is 598 g/mol. The lowest BCUT2D eigenvalue weighted by Gasteiger charge is -2.22. The van der Waals surface area contributed by atoms with Gasteiger partial charge in [0.1, 0.15) is 0 Å². The van der Waals surface area contributed by atoms with Gasteiger partial charge >= 0.3 is 0 Å². The van der Waals surface area contributed by atoms with E-state index in [2.05, 4.69) is 184 Å². The third kappa shape index (κ3) is 4.29. The van der Waals surface area contributed by atoms with E-state index in [1.807, 2.05) is 0 Å². The molecular weight excluding hydrogens is 565 g/mol. The lowest BCUT2D eigenvalue weighted by Crippen LogP contribution is -2.14. The maximum Gasteiger partial charge on any atom is 0.0159 e. The van der Waals surface area contributed by atoms with E-state index in [-0.39, 0.29) is 5.41 Å². The number of fused-ring (bicyclic) bond motifs is 6. The summed E-state index contributed by atoms with van der Waals surface area (Å²) in [6, 6.07) is 58.0. The smallest absolute Gasteiger partial charge is 0.0159 e. The second-order valence-corrected chi connectivity index (χ2v) is 13.3. The normalized spacial score (nSPS) is 13.4. The van der Waals surface area contributed by atoms with E-state index in [0.717, 1.165) is 0 Å². The minimum atomic E-state index is -0.0694. The maximum absolute atomic E-state index is 2.45. The predicted octanol–water partition coefficient (Wildman–Crippen LogP) is 13.0. The van der Waals surface area contributed by atoms with E-state index in [0.29, 0.717) is 0 Å². The molecule has 8 aromatic carbocycles. The van der Waals surface area contributed by atoms with Crippen LogP contribution in [0.15, 0.2) is 158 Å². The second kappa shape index (κ2) is 10.7. The van der Waals surface area contributed by atoms with Crippen LogP contribution in [0.2, 0.25) is 0 Å². The summed E-state index contributed by atoms with van der Waals surface area (Å²) in [6.45, 7) is 4.74. The zero-order valence-corrected chi connectivity index (χ0v) is 26.7. The molecule has 8 aromatic rings. The zero-order valence-electron chi connectivity index (χ0n) is 26.7. The van der Waals surface area contributed by atoms with Gasteiger partial charge in [0.15, 0.2) is 0 Å². The highest BCUT2D eigenvalue weighted by atomic mass is 14.4. The summed E-state index contributed by atoms with van der Waals surface area (Å²) >= 11 is 0. The maximum atomic E-state index is 2.45. The Morgan fingerprint density at radius 2 is 1.02 bits per heavy atom. The van der Waals surface area contributed by atoms with Crippen molar-refractivity contribution >= 4 is 44.5 Å². The van der Waals surface area contributed by atoms with Crippen LogP contribution >= 0.6 is 0 Å². The molecule has 47 heavy (non-hydrogen) atoms. The van der Waals surface area contributed by atoms with Gasteiger partial charge in [-0.3, -0.25) is 0 Å². The molecule has 0 nitrogen and oxygen atoms in total. The van der Waals surface area contributed by atoms with Gasteiger partial charge in [-0.2, -0.15) is 0 Å². The fourth-order valence-corrected chi connectivity index (χ4v) is 8.03. The van der Waals surface area contributed by atoms with E-state index in [1.54, 1.807) is 0 Å². The van der Waals surface area contributed by atoms with Crippen molar-refractivity contribution in [2.45, 2.75) is 19.3 Å². The van der Waals surface area contributed by atoms with E-state index in [4.69, 9.17) is 0 Å². The van der Waals surface area contributed by atoms with Gasteiger partial charge in [0, 0.05) is 5.41 Å². The molecule has 0 saturated heterocycles. The minimum absolute atomic E-state index is 0.0694. The van der Waals surface area contributed by atoms with Crippen LogP contribution in [-0.4, -0.2) is 0 Å². The molecule has 0 N–H and O–H groups in total. The zero-order chi connectivity index (χ0) is 31.5. The van der Waals surface area contributed by atoms with Gasteiger partial charge in [-0.25, -0.2) is 0 Å². The van der Waals surface area contributed by atoms with Crippen molar-refractivity contribution in [2.75, 3.05) is 0 Å². The molecule has 0 heterocycles. The number of rotatable bonds is 4. The van der Waals surface area contributed by atoms with Gasteiger partial charge < -0.3 is 0 Å². The second-order valence-electron chi connectivity index (χ2n) is 13.3. The van der Waals surface area contributed by atoms with Crippen molar-refractivity contribution in [3.63, 3.8) is 0 Å². The molecule has 222 valence electrons. The Morgan fingerprint density at radius 1 is 0.404 bits per heavy atom. The van der Waals surface area contributed by atoms with Crippen LogP contribution in [0, 0.1) is 0 Å². The van der Waals surface area contributed by atoms with Gasteiger partial charge in [-0.1, -0.05) is 178 Å². The summed E-state index contributed by atoms with van der Waals surface area (Å²) in [5, 5.41) is 7.62. The molecule has 9 rings (SSSR count). The van der Waals surface area contributed by atoms with Crippen molar-refractivity contribution < 1.29 is 0 Å². The Labute approximate surface area is 276 Å². The fourth-order valence-electron chi connectivity index (χ4n) is 8.03. The summed E-state index contributed by atoms with van der Waals surface area (Å²) in [7, 11) is 0. The van der Waals surface area contributed by atoms with Crippen molar-refractivity contribution in [1.82, 2.24) is 0 Å².